The van der Waals surface area contributed by atoms with Gasteiger partial charge in [0.1, 0.15) is 0 Å². The fraction of sp³-hybridized carbons (Fsp3) is 1.00. The predicted octanol–water partition coefficient (Wildman–Crippen LogP) is 3.81. The first-order chi connectivity index (χ1) is 9.62. The van der Waals surface area contributed by atoms with Crippen molar-refractivity contribution in [3.05, 3.63) is 0 Å². The van der Waals surface area contributed by atoms with Crippen molar-refractivity contribution in [1.29, 1.82) is 0 Å². The van der Waals surface area contributed by atoms with E-state index in [1.807, 2.05) is 0 Å². The summed E-state index contributed by atoms with van der Waals surface area (Å²) in [5, 5.41) is 4.00. The number of likely N-dealkylation sites (tertiary alicyclic amines) is 1. The average Bonchev–Trinajstić information content (AvgIpc) is 2.60. The lowest BCUT2D eigenvalue weighted by Crippen LogP contribution is -2.53. The van der Waals surface area contributed by atoms with E-state index in [0.29, 0.717) is 5.41 Å². The highest BCUT2D eigenvalue weighted by atomic mass is 15.2. The molecule has 116 valence electrons. The van der Waals surface area contributed by atoms with Gasteiger partial charge in [-0.05, 0) is 69.4 Å². The van der Waals surface area contributed by atoms with Crippen LogP contribution in [0.4, 0.5) is 0 Å². The number of hydrogen-bond donors (Lipinski definition) is 1. The first kappa shape index (κ1) is 14.8. The summed E-state index contributed by atoms with van der Waals surface area (Å²) in [5.41, 5.74) is 0.573. The molecule has 2 saturated heterocycles. The van der Waals surface area contributed by atoms with Crippen molar-refractivity contribution in [1.82, 2.24) is 10.2 Å². The standard InChI is InChI=1S/C18H34N2/c1-18(2)10-5-12-20(13-11-18)14-16-9-8-15-6-3-4-7-17(15)19-16/h15-17,19H,3-14H2,1-2H3. The minimum Gasteiger partial charge on any atom is -0.310 e. The maximum atomic E-state index is 4.00. The summed E-state index contributed by atoms with van der Waals surface area (Å²) in [7, 11) is 0. The molecule has 3 atom stereocenters. The van der Waals surface area contributed by atoms with Crippen molar-refractivity contribution in [2.45, 2.75) is 83.7 Å². The minimum absolute atomic E-state index is 0.573. The Balaban J connectivity index is 1.48. The fourth-order valence-corrected chi connectivity index (χ4v) is 4.69. The molecule has 3 fully saturated rings. The van der Waals surface area contributed by atoms with Gasteiger partial charge in [0.05, 0.1) is 0 Å². The zero-order chi connectivity index (χ0) is 14.0. The van der Waals surface area contributed by atoms with E-state index in [1.54, 1.807) is 0 Å². The molecule has 0 aromatic heterocycles. The second-order valence-electron chi connectivity index (χ2n) is 8.41. The van der Waals surface area contributed by atoms with Gasteiger partial charge in [-0.15, -0.1) is 0 Å². The van der Waals surface area contributed by atoms with Crippen molar-refractivity contribution < 1.29 is 0 Å². The third-order valence-electron chi connectivity index (χ3n) is 6.16. The maximum Gasteiger partial charge on any atom is 0.0197 e. The molecule has 20 heavy (non-hydrogen) atoms. The Morgan fingerprint density at radius 1 is 0.950 bits per heavy atom. The van der Waals surface area contributed by atoms with Crippen molar-refractivity contribution in [3.8, 4) is 0 Å². The first-order valence-electron chi connectivity index (χ1n) is 9.11. The largest absolute Gasteiger partial charge is 0.310 e. The molecule has 0 radical (unpaired) electrons. The topological polar surface area (TPSA) is 15.3 Å². The van der Waals surface area contributed by atoms with Gasteiger partial charge in [-0.1, -0.05) is 26.7 Å². The zero-order valence-corrected chi connectivity index (χ0v) is 13.7. The van der Waals surface area contributed by atoms with E-state index in [4.69, 9.17) is 0 Å². The van der Waals surface area contributed by atoms with Gasteiger partial charge in [0.25, 0.3) is 0 Å². The SMILES string of the molecule is CC1(C)CCCN(CC2CCC3CCCCC3N2)CC1. The van der Waals surface area contributed by atoms with Crippen LogP contribution in [0, 0.1) is 11.3 Å². The van der Waals surface area contributed by atoms with Crippen molar-refractivity contribution in [2.24, 2.45) is 11.3 Å². The summed E-state index contributed by atoms with van der Waals surface area (Å²) in [4.78, 5) is 2.75. The van der Waals surface area contributed by atoms with Crippen LogP contribution in [0.15, 0.2) is 0 Å². The summed E-state index contributed by atoms with van der Waals surface area (Å²) in [6, 6.07) is 1.63. The van der Waals surface area contributed by atoms with Gasteiger partial charge in [0, 0.05) is 18.6 Å². The molecule has 0 bridgehead atoms. The van der Waals surface area contributed by atoms with Crippen molar-refractivity contribution in [2.75, 3.05) is 19.6 Å². The number of nitrogens with one attached hydrogen (secondary N) is 1. The van der Waals surface area contributed by atoms with E-state index in [1.165, 1.54) is 77.4 Å². The van der Waals surface area contributed by atoms with Gasteiger partial charge < -0.3 is 10.2 Å². The molecule has 0 amide bonds. The van der Waals surface area contributed by atoms with Gasteiger partial charge in [-0.25, -0.2) is 0 Å². The third kappa shape index (κ3) is 3.76. The molecule has 0 aromatic rings. The Morgan fingerprint density at radius 3 is 2.70 bits per heavy atom. The molecule has 1 saturated carbocycles. The van der Waals surface area contributed by atoms with Crippen molar-refractivity contribution >= 4 is 0 Å². The predicted molar refractivity (Wildman–Crippen MR) is 86.0 cm³/mol. The van der Waals surface area contributed by atoms with E-state index in [9.17, 15) is 0 Å². The highest BCUT2D eigenvalue weighted by Crippen LogP contribution is 2.33. The minimum atomic E-state index is 0.573. The van der Waals surface area contributed by atoms with Gasteiger partial charge >= 0.3 is 0 Å². The molecule has 1 aliphatic carbocycles. The monoisotopic (exact) mass is 278 g/mol. The summed E-state index contributed by atoms with van der Waals surface area (Å²) in [6.45, 7) is 8.85. The number of piperidine rings is 1. The molecule has 0 aromatic carbocycles. The summed E-state index contributed by atoms with van der Waals surface area (Å²) in [6.07, 6.45) is 13.0. The van der Waals surface area contributed by atoms with Gasteiger partial charge in [-0.2, -0.15) is 0 Å². The Labute approximate surface area is 125 Å². The van der Waals surface area contributed by atoms with Gasteiger partial charge in [0.15, 0.2) is 0 Å². The molecule has 2 heteroatoms. The summed E-state index contributed by atoms with van der Waals surface area (Å²) in [5.74, 6) is 1.00. The first-order valence-corrected chi connectivity index (χ1v) is 9.11. The van der Waals surface area contributed by atoms with Gasteiger partial charge in [-0.3, -0.25) is 0 Å². The molecule has 0 spiro atoms. The van der Waals surface area contributed by atoms with Crippen LogP contribution in [0.3, 0.4) is 0 Å². The lowest BCUT2D eigenvalue weighted by Gasteiger charge is -2.42. The van der Waals surface area contributed by atoms with E-state index in [0.717, 1.165) is 18.0 Å². The highest BCUT2D eigenvalue weighted by molar-refractivity contribution is 4.91. The zero-order valence-electron chi connectivity index (χ0n) is 13.7. The molecule has 1 N–H and O–H groups in total. The van der Waals surface area contributed by atoms with Crippen LogP contribution in [-0.2, 0) is 0 Å². The Kier molecular flexibility index (Phi) is 4.72. The van der Waals surface area contributed by atoms with Crippen LogP contribution in [0.2, 0.25) is 0 Å². The second kappa shape index (κ2) is 6.36. The fourth-order valence-electron chi connectivity index (χ4n) is 4.69. The van der Waals surface area contributed by atoms with Crippen LogP contribution in [0.25, 0.3) is 0 Å². The lowest BCUT2D eigenvalue weighted by atomic mass is 9.77. The third-order valence-corrected chi connectivity index (χ3v) is 6.16. The van der Waals surface area contributed by atoms with Crippen LogP contribution < -0.4 is 5.32 Å². The summed E-state index contributed by atoms with van der Waals surface area (Å²) >= 11 is 0. The van der Waals surface area contributed by atoms with E-state index in [-0.39, 0.29) is 0 Å². The normalized spacial score (nSPS) is 39.0. The molecular weight excluding hydrogens is 244 g/mol. The van der Waals surface area contributed by atoms with Crippen LogP contribution >= 0.6 is 0 Å². The lowest BCUT2D eigenvalue weighted by molar-refractivity contribution is 0.143. The van der Waals surface area contributed by atoms with Crippen LogP contribution in [-0.4, -0.2) is 36.6 Å². The van der Waals surface area contributed by atoms with E-state index < -0.39 is 0 Å². The quantitative estimate of drug-likeness (QED) is 0.826. The van der Waals surface area contributed by atoms with Crippen molar-refractivity contribution in [3.63, 3.8) is 0 Å². The number of nitrogens with zero attached hydrogens (tertiary/aromatic N) is 1. The number of rotatable bonds is 2. The molecule has 2 heterocycles. The maximum absolute atomic E-state index is 4.00. The molecular formula is C18H34N2. The molecule has 3 unspecified atom stereocenters. The molecule has 2 aliphatic heterocycles. The molecule has 3 rings (SSSR count). The second-order valence-corrected chi connectivity index (χ2v) is 8.41. The average molecular weight is 278 g/mol. The number of fused-ring (bicyclic) bond motifs is 1. The Morgan fingerprint density at radius 2 is 1.80 bits per heavy atom. The van der Waals surface area contributed by atoms with Crippen LogP contribution in [0.1, 0.15) is 71.6 Å². The smallest absolute Gasteiger partial charge is 0.0197 e. The summed E-state index contributed by atoms with van der Waals surface area (Å²) < 4.78 is 0. The Bertz CT molecular complexity index is 313. The van der Waals surface area contributed by atoms with E-state index >= 15 is 0 Å². The molecule has 3 aliphatic rings. The Hall–Kier alpha value is -0.0800. The molecule has 2 nitrogen and oxygen atoms in total. The number of hydrogen-bond acceptors (Lipinski definition) is 2. The highest BCUT2D eigenvalue weighted by Gasteiger charge is 2.32. The van der Waals surface area contributed by atoms with Crippen LogP contribution in [0.5, 0.6) is 0 Å². The van der Waals surface area contributed by atoms with E-state index in [2.05, 4.69) is 24.1 Å². The van der Waals surface area contributed by atoms with Gasteiger partial charge in [0.2, 0.25) is 0 Å².